The minimum Gasteiger partial charge on any atom is -0.455 e. The van der Waals surface area contributed by atoms with E-state index in [1.54, 1.807) is 24.3 Å². The second-order valence-corrected chi connectivity index (χ2v) is 5.87. The van der Waals surface area contributed by atoms with Crippen molar-refractivity contribution in [3.63, 3.8) is 0 Å². The van der Waals surface area contributed by atoms with Crippen LogP contribution in [-0.2, 0) is 14.3 Å². The third kappa shape index (κ3) is 4.97. The van der Waals surface area contributed by atoms with Crippen LogP contribution in [0.5, 0.6) is 0 Å². The molecule has 0 spiro atoms. The summed E-state index contributed by atoms with van der Waals surface area (Å²) < 4.78 is 5.01. The summed E-state index contributed by atoms with van der Waals surface area (Å²) in [5, 5.41) is 10.9. The Bertz CT molecular complexity index is 753. The Balaban J connectivity index is 1.47. The molecule has 0 saturated heterocycles. The first-order valence-corrected chi connectivity index (χ1v) is 8.24. The fourth-order valence-electron chi connectivity index (χ4n) is 2.32. The summed E-state index contributed by atoms with van der Waals surface area (Å²) in [6.07, 6.45) is 2.78. The highest BCUT2D eigenvalue weighted by Gasteiger charge is 2.27. The van der Waals surface area contributed by atoms with Gasteiger partial charge in [-0.15, -0.1) is 0 Å². The van der Waals surface area contributed by atoms with E-state index >= 15 is 0 Å². The van der Waals surface area contributed by atoms with Crippen molar-refractivity contribution in [3.8, 4) is 0 Å². The van der Waals surface area contributed by atoms with Crippen molar-refractivity contribution >= 4 is 28.9 Å². The molecule has 0 heterocycles. The standard InChI is InChI=1S/C19H19N3O3/c23-18(13-25-19(24)14-5-4-6-14)20-15-9-11-17(12-10-15)22-21-16-7-2-1-3-8-16/h1-3,7-12,14H,4-6,13H2,(H,20,23). The molecule has 3 rings (SSSR count). The molecule has 1 aliphatic carbocycles. The zero-order valence-corrected chi connectivity index (χ0v) is 13.7. The Morgan fingerprint density at radius 3 is 2.20 bits per heavy atom. The van der Waals surface area contributed by atoms with Crippen molar-refractivity contribution < 1.29 is 14.3 Å². The number of rotatable bonds is 6. The highest BCUT2D eigenvalue weighted by Crippen LogP contribution is 2.27. The molecule has 1 aliphatic rings. The molecular formula is C19H19N3O3. The van der Waals surface area contributed by atoms with Crippen LogP contribution in [-0.4, -0.2) is 18.5 Å². The molecule has 0 aromatic heterocycles. The van der Waals surface area contributed by atoms with Crippen LogP contribution in [0.15, 0.2) is 64.8 Å². The number of anilines is 1. The van der Waals surface area contributed by atoms with Gasteiger partial charge in [0.1, 0.15) is 0 Å². The van der Waals surface area contributed by atoms with E-state index in [4.69, 9.17) is 4.74 Å². The molecule has 1 fully saturated rings. The van der Waals surface area contributed by atoms with E-state index in [9.17, 15) is 9.59 Å². The van der Waals surface area contributed by atoms with Crippen LogP contribution >= 0.6 is 0 Å². The monoisotopic (exact) mass is 337 g/mol. The third-order valence-corrected chi connectivity index (χ3v) is 3.97. The van der Waals surface area contributed by atoms with Gasteiger partial charge < -0.3 is 10.1 Å². The normalized spacial score (nSPS) is 14.1. The Kier molecular flexibility index (Phi) is 5.51. The third-order valence-electron chi connectivity index (χ3n) is 3.97. The highest BCUT2D eigenvalue weighted by molar-refractivity contribution is 5.93. The van der Waals surface area contributed by atoms with Crippen molar-refractivity contribution in [1.82, 2.24) is 0 Å². The summed E-state index contributed by atoms with van der Waals surface area (Å²) in [6.45, 7) is -0.259. The van der Waals surface area contributed by atoms with Gasteiger partial charge in [0.25, 0.3) is 5.91 Å². The molecule has 128 valence electrons. The van der Waals surface area contributed by atoms with E-state index in [0.29, 0.717) is 11.4 Å². The molecule has 0 aliphatic heterocycles. The van der Waals surface area contributed by atoms with E-state index < -0.39 is 0 Å². The maximum Gasteiger partial charge on any atom is 0.309 e. The zero-order chi connectivity index (χ0) is 17.5. The largest absolute Gasteiger partial charge is 0.455 e. The van der Waals surface area contributed by atoms with E-state index in [-0.39, 0.29) is 24.4 Å². The molecule has 1 N–H and O–H groups in total. The fraction of sp³-hybridized carbons (Fsp3) is 0.263. The Hall–Kier alpha value is -3.02. The van der Waals surface area contributed by atoms with Crippen LogP contribution in [0.2, 0.25) is 0 Å². The van der Waals surface area contributed by atoms with Crippen molar-refractivity contribution in [2.45, 2.75) is 19.3 Å². The lowest BCUT2D eigenvalue weighted by Crippen LogP contribution is -2.28. The van der Waals surface area contributed by atoms with Crippen LogP contribution in [0.3, 0.4) is 0 Å². The van der Waals surface area contributed by atoms with Gasteiger partial charge in [-0.1, -0.05) is 24.6 Å². The number of esters is 1. The number of carbonyl (C=O) groups is 2. The number of azo groups is 1. The second kappa shape index (κ2) is 8.19. The predicted molar refractivity (Wildman–Crippen MR) is 94.0 cm³/mol. The molecule has 0 bridgehead atoms. The van der Waals surface area contributed by atoms with Crippen molar-refractivity contribution in [2.75, 3.05) is 11.9 Å². The lowest BCUT2D eigenvalue weighted by atomic mass is 9.86. The molecule has 0 atom stereocenters. The summed E-state index contributed by atoms with van der Waals surface area (Å²) in [7, 11) is 0. The van der Waals surface area contributed by atoms with Crippen molar-refractivity contribution in [1.29, 1.82) is 0 Å². The molecule has 1 amide bonds. The van der Waals surface area contributed by atoms with Gasteiger partial charge in [-0.3, -0.25) is 9.59 Å². The van der Waals surface area contributed by atoms with Gasteiger partial charge in [0.2, 0.25) is 0 Å². The van der Waals surface area contributed by atoms with Crippen molar-refractivity contribution in [2.24, 2.45) is 16.1 Å². The van der Waals surface area contributed by atoms with Crippen LogP contribution in [0, 0.1) is 5.92 Å². The van der Waals surface area contributed by atoms with Crippen molar-refractivity contribution in [3.05, 3.63) is 54.6 Å². The minimum absolute atomic E-state index is 0.0259. The first kappa shape index (κ1) is 16.8. The zero-order valence-electron chi connectivity index (χ0n) is 13.7. The van der Waals surface area contributed by atoms with Crippen LogP contribution in [0.25, 0.3) is 0 Å². The van der Waals surface area contributed by atoms with Gasteiger partial charge in [-0.2, -0.15) is 10.2 Å². The molecule has 0 radical (unpaired) electrons. The van der Waals surface area contributed by atoms with E-state index in [1.807, 2.05) is 30.3 Å². The molecule has 0 unspecified atom stereocenters. The predicted octanol–water partition coefficient (Wildman–Crippen LogP) is 4.38. The summed E-state index contributed by atoms with van der Waals surface area (Å²) >= 11 is 0. The molecule has 1 saturated carbocycles. The molecule has 6 nitrogen and oxygen atoms in total. The van der Waals surface area contributed by atoms with Crippen LogP contribution < -0.4 is 5.32 Å². The Morgan fingerprint density at radius 2 is 1.60 bits per heavy atom. The summed E-state index contributed by atoms with van der Waals surface area (Å²) in [6, 6.07) is 16.4. The van der Waals surface area contributed by atoms with E-state index in [1.165, 1.54) is 0 Å². The number of nitrogens with one attached hydrogen (secondary N) is 1. The smallest absolute Gasteiger partial charge is 0.309 e. The molecule has 2 aromatic rings. The molecule has 6 heteroatoms. The van der Waals surface area contributed by atoms with Gasteiger partial charge in [-0.25, -0.2) is 0 Å². The lowest BCUT2D eigenvalue weighted by Gasteiger charge is -2.22. The van der Waals surface area contributed by atoms with Gasteiger partial charge in [0, 0.05) is 5.69 Å². The van der Waals surface area contributed by atoms with Gasteiger partial charge >= 0.3 is 5.97 Å². The van der Waals surface area contributed by atoms with Gasteiger partial charge in [-0.05, 0) is 49.2 Å². The quantitative estimate of drug-likeness (QED) is 0.627. The maximum absolute atomic E-state index is 11.8. The Morgan fingerprint density at radius 1 is 0.960 bits per heavy atom. The average molecular weight is 337 g/mol. The van der Waals surface area contributed by atoms with Crippen LogP contribution in [0.4, 0.5) is 17.1 Å². The SMILES string of the molecule is O=C(COC(=O)C1CCC1)Nc1ccc(N=Nc2ccccc2)cc1. The number of hydrogen-bond acceptors (Lipinski definition) is 5. The first-order valence-electron chi connectivity index (χ1n) is 8.24. The summed E-state index contributed by atoms with van der Waals surface area (Å²) in [5.74, 6) is -0.661. The fourth-order valence-corrected chi connectivity index (χ4v) is 2.32. The summed E-state index contributed by atoms with van der Waals surface area (Å²) in [4.78, 5) is 23.4. The number of nitrogens with zero attached hydrogens (tertiary/aromatic N) is 2. The Labute approximate surface area is 145 Å². The topological polar surface area (TPSA) is 80.1 Å². The molecule has 2 aromatic carbocycles. The molecular weight excluding hydrogens is 318 g/mol. The molecule has 25 heavy (non-hydrogen) atoms. The van der Waals surface area contributed by atoms with E-state index in [2.05, 4.69) is 15.5 Å². The number of amides is 1. The average Bonchev–Trinajstić information content (AvgIpc) is 2.59. The first-order chi connectivity index (χ1) is 12.2. The number of hydrogen-bond donors (Lipinski definition) is 1. The second-order valence-electron chi connectivity index (χ2n) is 5.87. The summed E-state index contributed by atoms with van der Waals surface area (Å²) in [5.41, 5.74) is 2.06. The van der Waals surface area contributed by atoms with Gasteiger partial charge in [0.05, 0.1) is 17.3 Å². The number of ether oxygens (including phenoxy) is 1. The van der Waals surface area contributed by atoms with E-state index in [0.717, 1.165) is 24.9 Å². The maximum atomic E-state index is 11.8. The number of benzene rings is 2. The van der Waals surface area contributed by atoms with Gasteiger partial charge in [0.15, 0.2) is 6.61 Å². The number of carbonyl (C=O) groups excluding carboxylic acids is 2. The lowest BCUT2D eigenvalue weighted by molar-refractivity contribution is -0.154. The minimum atomic E-state index is -0.355. The highest BCUT2D eigenvalue weighted by atomic mass is 16.5. The van der Waals surface area contributed by atoms with Crippen LogP contribution in [0.1, 0.15) is 19.3 Å².